The number of fused-ring (bicyclic) bond motifs is 1. The van der Waals surface area contributed by atoms with Gasteiger partial charge < -0.3 is 15.3 Å². The van der Waals surface area contributed by atoms with E-state index in [4.69, 9.17) is 0 Å². The van der Waals surface area contributed by atoms with Crippen molar-refractivity contribution in [3.63, 3.8) is 0 Å². The van der Waals surface area contributed by atoms with Crippen molar-refractivity contribution in [2.75, 3.05) is 29.9 Å². The van der Waals surface area contributed by atoms with E-state index in [1.165, 1.54) is 11.3 Å². The fourth-order valence-corrected chi connectivity index (χ4v) is 5.60. The summed E-state index contributed by atoms with van der Waals surface area (Å²) in [5.74, 6) is -0.227. The van der Waals surface area contributed by atoms with Gasteiger partial charge in [0, 0.05) is 49.4 Å². The molecule has 1 aliphatic rings. The van der Waals surface area contributed by atoms with Gasteiger partial charge in [-0.05, 0) is 62.9 Å². The fraction of sp³-hybridized carbons (Fsp3) is 0.321. The molecule has 4 aromatic rings. The molecule has 4 heterocycles. The molecule has 5 rings (SSSR count). The van der Waals surface area contributed by atoms with E-state index in [9.17, 15) is 20.0 Å². The lowest BCUT2D eigenvalue weighted by molar-refractivity contribution is -0.149. The van der Waals surface area contributed by atoms with E-state index in [0.29, 0.717) is 60.3 Å². The van der Waals surface area contributed by atoms with Crippen LogP contribution in [0.2, 0.25) is 0 Å². The number of amides is 2. The zero-order chi connectivity index (χ0) is 28.4. The maximum absolute atomic E-state index is 12.1. The minimum Gasteiger partial charge on any atom is -0.481 e. The number of thiazole rings is 1. The molecule has 3 N–H and O–H groups in total. The first kappa shape index (κ1) is 27.0. The lowest BCUT2D eigenvalue weighted by atomic mass is 9.80. The Balaban J connectivity index is 1.52. The number of anilines is 2. The number of urea groups is 1. The van der Waals surface area contributed by atoms with Gasteiger partial charge in [-0.25, -0.2) is 19.7 Å². The van der Waals surface area contributed by atoms with Crippen LogP contribution in [0.1, 0.15) is 37.8 Å². The van der Waals surface area contributed by atoms with Crippen LogP contribution in [-0.4, -0.2) is 56.7 Å². The average Bonchev–Trinajstić information content (AvgIpc) is 3.35. The first-order valence-electron chi connectivity index (χ1n) is 12.9. The number of piperidine rings is 1. The molecule has 0 radical (unpaired) electrons. The molecule has 2 amide bonds. The topological polar surface area (TPSA) is 157 Å². The third-order valence-electron chi connectivity index (χ3n) is 7.09. The first-order chi connectivity index (χ1) is 19.2. The zero-order valence-electron chi connectivity index (χ0n) is 22.4. The summed E-state index contributed by atoms with van der Waals surface area (Å²) in [6, 6.07) is 7.53. The number of aromatic nitrogens is 4. The molecule has 1 aromatic carbocycles. The summed E-state index contributed by atoms with van der Waals surface area (Å²) < 4.78 is 0.788. The Kier molecular flexibility index (Phi) is 7.32. The summed E-state index contributed by atoms with van der Waals surface area (Å²) in [6.45, 7) is 7.11. The molecule has 1 aliphatic heterocycles. The Hall–Kier alpha value is -4.63. The standard InChI is InChI=1S/C28H28N8O3S/c1-4-30-26(39)35-27-34-21-11-17(10-20(23(21)40-27)22-18(12-29)9-16(2)13-31-22)19-14-32-25(33-15-19)36-7-5-28(3,6-8-36)24(37)38/h9-11,13-15H,4-8H2,1-3H3,(H,37,38)(H2,30,34,35,39). The monoisotopic (exact) mass is 556 g/mol. The number of carbonyl (C=O) groups excluding carboxylic acids is 1. The quantitative estimate of drug-likeness (QED) is 0.303. The third kappa shape index (κ3) is 5.28. The number of rotatable bonds is 6. The number of carboxylic acid groups (broad SMARTS) is 1. The molecule has 1 fully saturated rings. The van der Waals surface area contributed by atoms with Crippen LogP contribution in [0, 0.1) is 23.7 Å². The van der Waals surface area contributed by atoms with Crippen LogP contribution >= 0.6 is 11.3 Å². The molecule has 11 nitrogen and oxygen atoms in total. The van der Waals surface area contributed by atoms with Crippen LogP contribution in [0.25, 0.3) is 32.6 Å². The number of nitriles is 1. The Bertz CT molecular complexity index is 1640. The van der Waals surface area contributed by atoms with Crippen molar-refractivity contribution in [2.24, 2.45) is 5.41 Å². The summed E-state index contributed by atoms with van der Waals surface area (Å²) in [5, 5.41) is 25.2. The minimum absolute atomic E-state index is 0.347. The van der Waals surface area contributed by atoms with Crippen molar-refractivity contribution in [2.45, 2.75) is 33.6 Å². The van der Waals surface area contributed by atoms with Crippen LogP contribution in [0.4, 0.5) is 15.9 Å². The highest BCUT2D eigenvalue weighted by atomic mass is 32.1. The molecule has 3 aromatic heterocycles. The zero-order valence-corrected chi connectivity index (χ0v) is 23.2. The number of pyridine rings is 1. The second kappa shape index (κ2) is 10.9. The number of aryl methyl sites for hydroxylation is 1. The number of nitrogens with zero attached hydrogens (tertiary/aromatic N) is 6. The summed E-state index contributed by atoms with van der Waals surface area (Å²) in [7, 11) is 0. The minimum atomic E-state index is -0.774. The molecule has 1 saturated heterocycles. The van der Waals surface area contributed by atoms with Gasteiger partial charge in [-0.1, -0.05) is 11.3 Å². The van der Waals surface area contributed by atoms with E-state index >= 15 is 0 Å². The van der Waals surface area contributed by atoms with E-state index in [-0.39, 0.29) is 6.03 Å². The summed E-state index contributed by atoms with van der Waals surface area (Å²) in [5.41, 5.74) is 4.01. The van der Waals surface area contributed by atoms with E-state index in [2.05, 4.69) is 36.6 Å². The Morgan fingerprint density at radius 2 is 1.85 bits per heavy atom. The van der Waals surface area contributed by atoms with E-state index in [1.54, 1.807) is 31.6 Å². The van der Waals surface area contributed by atoms with E-state index in [0.717, 1.165) is 27.0 Å². The highest BCUT2D eigenvalue weighted by Gasteiger charge is 2.37. The van der Waals surface area contributed by atoms with Gasteiger partial charge in [0.1, 0.15) is 6.07 Å². The van der Waals surface area contributed by atoms with E-state index in [1.807, 2.05) is 30.9 Å². The number of carboxylic acids is 1. The average molecular weight is 557 g/mol. The van der Waals surface area contributed by atoms with Crippen LogP contribution in [0.3, 0.4) is 0 Å². The van der Waals surface area contributed by atoms with Gasteiger partial charge in [0.05, 0.1) is 26.9 Å². The van der Waals surface area contributed by atoms with Gasteiger partial charge >= 0.3 is 12.0 Å². The van der Waals surface area contributed by atoms with Crippen molar-refractivity contribution in [1.29, 1.82) is 5.26 Å². The molecular formula is C28H28N8O3S. The third-order valence-corrected chi connectivity index (χ3v) is 8.11. The number of hydrogen-bond acceptors (Lipinski definition) is 9. The van der Waals surface area contributed by atoms with E-state index < -0.39 is 11.4 Å². The Labute approximate surface area is 234 Å². The maximum Gasteiger partial charge on any atom is 0.321 e. The Morgan fingerprint density at radius 1 is 1.12 bits per heavy atom. The molecule has 0 saturated carbocycles. The highest BCUT2D eigenvalue weighted by Crippen LogP contribution is 2.39. The van der Waals surface area contributed by atoms with Crippen molar-refractivity contribution < 1.29 is 14.7 Å². The van der Waals surface area contributed by atoms with Crippen molar-refractivity contribution >= 4 is 44.6 Å². The molecule has 12 heteroatoms. The maximum atomic E-state index is 12.1. The first-order valence-corrected chi connectivity index (χ1v) is 13.7. The predicted molar refractivity (Wildman–Crippen MR) is 153 cm³/mol. The van der Waals surface area contributed by atoms with Crippen LogP contribution in [0.5, 0.6) is 0 Å². The van der Waals surface area contributed by atoms with Crippen molar-refractivity contribution in [3.8, 4) is 28.5 Å². The van der Waals surface area contributed by atoms with Crippen molar-refractivity contribution in [3.05, 3.63) is 47.9 Å². The van der Waals surface area contributed by atoms with Gasteiger partial charge in [-0.15, -0.1) is 0 Å². The number of carbonyl (C=O) groups is 2. The number of aliphatic carboxylic acids is 1. The number of benzene rings is 1. The highest BCUT2D eigenvalue weighted by molar-refractivity contribution is 7.22. The summed E-state index contributed by atoms with van der Waals surface area (Å²) >= 11 is 1.31. The lowest BCUT2D eigenvalue weighted by Gasteiger charge is -2.36. The number of nitrogens with one attached hydrogen (secondary N) is 2. The van der Waals surface area contributed by atoms with Crippen LogP contribution in [0.15, 0.2) is 36.8 Å². The van der Waals surface area contributed by atoms with Gasteiger partial charge in [0.2, 0.25) is 5.95 Å². The predicted octanol–water partition coefficient (Wildman–Crippen LogP) is 4.83. The van der Waals surface area contributed by atoms with Gasteiger partial charge in [0.25, 0.3) is 0 Å². The molecule has 40 heavy (non-hydrogen) atoms. The SMILES string of the molecule is CCNC(=O)Nc1nc2cc(-c3cnc(N4CCC(C)(C(=O)O)CC4)nc3)cc(-c3ncc(C)cc3C#N)c2s1. The van der Waals surface area contributed by atoms with Gasteiger partial charge in [-0.3, -0.25) is 15.1 Å². The normalized spacial score (nSPS) is 14.5. The molecule has 0 unspecified atom stereocenters. The fourth-order valence-electron chi connectivity index (χ4n) is 4.65. The van der Waals surface area contributed by atoms with Crippen LogP contribution in [-0.2, 0) is 4.79 Å². The van der Waals surface area contributed by atoms with Crippen LogP contribution < -0.4 is 15.5 Å². The Morgan fingerprint density at radius 3 is 2.50 bits per heavy atom. The lowest BCUT2D eigenvalue weighted by Crippen LogP contribution is -2.43. The molecular weight excluding hydrogens is 528 g/mol. The second-order valence-corrected chi connectivity index (χ2v) is 11.0. The smallest absolute Gasteiger partial charge is 0.321 e. The van der Waals surface area contributed by atoms with Crippen molar-refractivity contribution in [1.82, 2.24) is 25.3 Å². The summed E-state index contributed by atoms with van der Waals surface area (Å²) in [4.78, 5) is 44.1. The molecule has 0 bridgehead atoms. The number of hydrogen-bond donors (Lipinski definition) is 3. The molecule has 0 spiro atoms. The molecule has 0 aliphatic carbocycles. The largest absolute Gasteiger partial charge is 0.481 e. The summed E-state index contributed by atoms with van der Waals surface area (Å²) in [6.07, 6.45) is 6.22. The molecule has 204 valence electrons. The van der Waals surface area contributed by atoms with Gasteiger partial charge in [-0.2, -0.15) is 5.26 Å². The second-order valence-electron chi connectivity index (χ2n) is 10.0. The molecule has 0 atom stereocenters. The van der Waals surface area contributed by atoms with Gasteiger partial charge in [0.15, 0.2) is 5.13 Å².